The monoisotopic (exact) mass is 865 g/mol. The molecule has 2 aliphatic heterocycles. The molecule has 11 atom stereocenters. The van der Waals surface area contributed by atoms with E-state index in [0.717, 1.165) is 25.7 Å². The summed E-state index contributed by atoms with van der Waals surface area (Å²) in [6, 6.07) is 0. The number of aliphatic hydroxyl groups is 7. The Kier molecular flexibility index (Phi) is 34.1. The van der Waals surface area contributed by atoms with Crippen LogP contribution in [0.4, 0.5) is 0 Å². The van der Waals surface area contributed by atoms with Crippen molar-refractivity contribution in [1.82, 2.24) is 0 Å². The molecule has 2 aliphatic rings. The molecule has 0 aromatic rings. The molecule has 0 saturated carbocycles. The standard InChI is InChI=1S/C47H92O13/c1-3-5-7-9-11-13-15-17-19-21-23-25-27-29-31-55-35-37(56-32-30-28-26-24-22-20-18-16-14-12-10-8-6-4-2)36-57-46-44(54)42(52)45(39(34-49)59-46)60-47-43(53)41(51)40(50)38(33-48)58-47/h37-54H,3-36H2,1-2H3/t37-,38-,39-,40+,41+,42-,43-,44-,45+,46-,47-/m1/s1. The van der Waals surface area contributed by atoms with E-state index in [0.29, 0.717) is 19.8 Å². The van der Waals surface area contributed by atoms with Crippen molar-refractivity contribution in [3.05, 3.63) is 0 Å². The van der Waals surface area contributed by atoms with Crippen LogP contribution in [0.3, 0.4) is 0 Å². The van der Waals surface area contributed by atoms with Gasteiger partial charge in [-0.2, -0.15) is 0 Å². The normalized spacial score (nSPS) is 27.8. The Bertz CT molecular complexity index is 945. The highest BCUT2D eigenvalue weighted by atomic mass is 16.7. The number of unbranched alkanes of at least 4 members (excludes halogenated alkanes) is 26. The van der Waals surface area contributed by atoms with Crippen molar-refractivity contribution in [1.29, 1.82) is 0 Å². The largest absolute Gasteiger partial charge is 0.394 e. The fraction of sp³-hybridized carbons (Fsp3) is 1.00. The molecule has 60 heavy (non-hydrogen) atoms. The van der Waals surface area contributed by atoms with Gasteiger partial charge in [-0.05, 0) is 12.8 Å². The number of hydrogen-bond acceptors (Lipinski definition) is 13. The first-order valence-corrected chi connectivity index (χ1v) is 24.7. The molecule has 13 nitrogen and oxygen atoms in total. The Morgan fingerprint density at radius 3 is 1.27 bits per heavy atom. The van der Waals surface area contributed by atoms with Crippen molar-refractivity contribution in [3.63, 3.8) is 0 Å². The van der Waals surface area contributed by atoms with E-state index in [9.17, 15) is 35.7 Å². The van der Waals surface area contributed by atoms with Gasteiger partial charge in [0.25, 0.3) is 0 Å². The molecule has 2 heterocycles. The first-order chi connectivity index (χ1) is 29.3. The zero-order chi connectivity index (χ0) is 43.6. The van der Waals surface area contributed by atoms with Crippen LogP contribution in [0.5, 0.6) is 0 Å². The van der Waals surface area contributed by atoms with Crippen molar-refractivity contribution >= 4 is 0 Å². The maximum absolute atomic E-state index is 11.0. The van der Waals surface area contributed by atoms with E-state index in [1.54, 1.807) is 0 Å². The highest BCUT2D eigenvalue weighted by molar-refractivity contribution is 4.94. The average Bonchev–Trinajstić information content (AvgIpc) is 3.25. The topological polar surface area (TPSA) is 197 Å². The second kappa shape index (κ2) is 36.8. The van der Waals surface area contributed by atoms with Gasteiger partial charge in [-0.1, -0.05) is 181 Å². The third-order valence-corrected chi connectivity index (χ3v) is 12.2. The van der Waals surface area contributed by atoms with Gasteiger partial charge in [-0.25, -0.2) is 0 Å². The highest BCUT2D eigenvalue weighted by Gasteiger charge is 2.50. The first kappa shape index (κ1) is 55.6. The summed E-state index contributed by atoms with van der Waals surface area (Å²) in [5.41, 5.74) is 0. The van der Waals surface area contributed by atoms with Gasteiger partial charge in [0.2, 0.25) is 0 Å². The van der Waals surface area contributed by atoms with Crippen molar-refractivity contribution in [2.24, 2.45) is 0 Å². The number of hydrogen-bond donors (Lipinski definition) is 7. The fourth-order valence-corrected chi connectivity index (χ4v) is 8.20. The van der Waals surface area contributed by atoms with Crippen LogP contribution in [0, 0.1) is 0 Å². The summed E-state index contributed by atoms with van der Waals surface area (Å²) in [7, 11) is 0. The molecule has 13 heteroatoms. The van der Waals surface area contributed by atoms with Gasteiger partial charge in [0.05, 0.1) is 26.4 Å². The summed E-state index contributed by atoms with van der Waals surface area (Å²) < 4.78 is 35.1. The molecule has 0 amide bonds. The summed E-state index contributed by atoms with van der Waals surface area (Å²) in [5.74, 6) is 0. The molecular weight excluding hydrogens is 773 g/mol. The zero-order valence-electron chi connectivity index (χ0n) is 38.0. The number of ether oxygens (including phenoxy) is 6. The van der Waals surface area contributed by atoms with Crippen LogP contribution in [0.1, 0.15) is 194 Å². The van der Waals surface area contributed by atoms with E-state index in [-0.39, 0.29) is 6.61 Å². The smallest absolute Gasteiger partial charge is 0.187 e. The second-order valence-electron chi connectivity index (χ2n) is 17.6. The molecule has 2 rings (SSSR count). The fourth-order valence-electron chi connectivity index (χ4n) is 8.20. The molecule has 2 fully saturated rings. The number of rotatable bonds is 40. The molecular formula is C47H92O13. The van der Waals surface area contributed by atoms with Gasteiger partial charge in [-0.3, -0.25) is 0 Å². The first-order valence-electron chi connectivity index (χ1n) is 24.7. The quantitative estimate of drug-likeness (QED) is 0.0312. The molecule has 0 unspecified atom stereocenters. The van der Waals surface area contributed by atoms with Crippen LogP contribution < -0.4 is 0 Å². The van der Waals surface area contributed by atoms with Gasteiger partial charge in [0.15, 0.2) is 12.6 Å². The van der Waals surface area contributed by atoms with Crippen molar-refractivity contribution < 1.29 is 64.2 Å². The molecule has 0 aromatic heterocycles. The summed E-state index contributed by atoms with van der Waals surface area (Å²) >= 11 is 0. The maximum Gasteiger partial charge on any atom is 0.187 e. The van der Waals surface area contributed by atoms with E-state index in [1.165, 1.54) is 154 Å². The summed E-state index contributed by atoms with van der Waals surface area (Å²) in [6.07, 6.45) is 20.4. The van der Waals surface area contributed by atoms with Gasteiger partial charge in [0.1, 0.15) is 54.9 Å². The maximum atomic E-state index is 11.0. The minimum atomic E-state index is -1.73. The van der Waals surface area contributed by atoms with Crippen LogP contribution in [0.25, 0.3) is 0 Å². The predicted molar refractivity (Wildman–Crippen MR) is 234 cm³/mol. The van der Waals surface area contributed by atoms with Crippen molar-refractivity contribution in [2.45, 2.75) is 261 Å². The molecule has 0 bridgehead atoms. The van der Waals surface area contributed by atoms with Crippen LogP contribution in [-0.2, 0) is 28.4 Å². The molecule has 358 valence electrons. The lowest BCUT2D eigenvalue weighted by Crippen LogP contribution is -2.64. The molecule has 0 spiro atoms. The Morgan fingerprint density at radius 2 is 0.817 bits per heavy atom. The Morgan fingerprint density at radius 1 is 0.417 bits per heavy atom. The number of aliphatic hydroxyl groups excluding tert-OH is 7. The van der Waals surface area contributed by atoms with E-state index < -0.39 is 80.7 Å². The molecule has 0 radical (unpaired) electrons. The third kappa shape index (κ3) is 24.0. The SMILES string of the molecule is CCCCCCCCCCCCCCCCOC[C@H](CO[C@@H]1O[C@H](CO)[C@H](O[C@H]2O[C@H](CO)[C@H](O)[C@H](O)[C@H]2O)[C@H](O)[C@H]1O)OCCCCCCCCCCCCCCCC. The molecule has 0 aromatic carbocycles. The van der Waals surface area contributed by atoms with E-state index in [1.807, 2.05) is 0 Å². The lowest BCUT2D eigenvalue weighted by Gasteiger charge is -2.46. The van der Waals surface area contributed by atoms with E-state index >= 15 is 0 Å². The lowest BCUT2D eigenvalue weighted by molar-refractivity contribution is -0.360. The van der Waals surface area contributed by atoms with Crippen molar-refractivity contribution in [2.75, 3.05) is 39.6 Å². The zero-order valence-corrected chi connectivity index (χ0v) is 38.0. The Hall–Kier alpha value is -0.520. The van der Waals surface area contributed by atoms with Crippen LogP contribution in [-0.4, -0.2) is 143 Å². The van der Waals surface area contributed by atoms with Crippen LogP contribution in [0.15, 0.2) is 0 Å². The highest BCUT2D eigenvalue weighted by Crippen LogP contribution is 2.30. The summed E-state index contributed by atoms with van der Waals surface area (Å²) in [6.45, 7) is 4.70. The molecule has 0 aliphatic carbocycles. The van der Waals surface area contributed by atoms with E-state index in [4.69, 9.17) is 28.4 Å². The lowest BCUT2D eigenvalue weighted by atomic mass is 9.97. The van der Waals surface area contributed by atoms with E-state index in [2.05, 4.69) is 13.8 Å². The second-order valence-corrected chi connectivity index (χ2v) is 17.6. The molecule has 2 saturated heterocycles. The van der Waals surface area contributed by atoms with Crippen LogP contribution >= 0.6 is 0 Å². The summed E-state index contributed by atoms with van der Waals surface area (Å²) in [4.78, 5) is 0. The van der Waals surface area contributed by atoms with Gasteiger partial charge < -0.3 is 64.2 Å². The molecule has 7 N–H and O–H groups in total. The van der Waals surface area contributed by atoms with Gasteiger partial charge in [-0.15, -0.1) is 0 Å². The minimum absolute atomic E-state index is 0.0160. The average molecular weight is 865 g/mol. The predicted octanol–water partition coefficient (Wildman–Crippen LogP) is 6.99. The van der Waals surface area contributed by atoms with Crippen molar-refractivity contribution in [3.8, 4) is 0 Å². The summed E-state index contributed by atoms with van der Waals surface area (Å²) in [5, 5.41) is 72.4. The Labute approximate surface area is 364 Å². The minimum Gasteiger partial charge on any atom is -0.394 e. The van der Waals surface area contributed by atoms with Crippen LogP contribution in [0.2, 0.25) is 0 Å². The third-order valence-electron chi connectivity index (χ3n) is 12.2. The Balaban J connectivity index is 1.75. The van der Waals surface area contributed by atoms with Gasteiger partial charge in [0, 0.05) is 13.2 Å². The van der Waals surface area contributed by atoms with Gasteiger partial charge >= 0.3 is 0 Å².